The van der Waals surface area contributed by atoms with Crippen LogP contribution in [-0.2, 0) is 0 Å². The Hall–Kier alpha value is -8.36. The Morgan fingerprint density at radius 2 is 1.07 bits per heavy atom. The van der Waals surface area contributed by atoms with E-state index in [9.17, 15) is 0 Å². The summed E-state index contributed by atoms with van der Waals surface area (Å²) in [5.74, 6) is 1.47. The minimum Gasteiger partial charge on any atom is -0.456 e. The Labute approximate surface area is 397 Å². The van der Waals surface area contributed by atoms with E-state index in [4.69, 9.17) is 14.4 Å². The summed E-state index contributed by atoms with van der Waals surface area (Å²) in [5, 5.41) is 15.8. The fraction of sp³-hybridized carbons (Fsp3) is 0.0164. The lowest BCUT2D eigenvalue weighted by atomic mass is 9.95. The van der Waals surface area contributed by atoms with Crippen LogP contribution < -0.4 is 5.32 Å². The second kappa shape index (κ2) is 14.6. The molecule has 10 aromatic carbocycles. The first kappa shape index (κ1) is 37.8. The lowest BCUT2D eigenvalue weighted by Gasteiger charge is -2.25. The summed E-state index contributed by atoms with van der Waals surface area (Å²) < 4.78 is 14.0. The molecule has 0 spiro atoms. The Morgan fingerprint density at radius 3 is 1.91 bits per heavy atom. The number of hydrogen-bond donors (Lipinski definition) is 1. The van der Waals surface area contributed by atoms with Gasteiger partial charge in [0.2, 0.25) is 0 Å². The van der Waals surface area contributed by atoms with Crippen LogP contribution in [0.25, 0.3) is 112 Å². The highest BCUT2D eigenvalue weighted by atomic mass is 32.1. The second-order valence-corrected chi connectivity index (χ2v) is 19.8. The smallest absolute Gasteiger partial charge is 0.159 e. The molecule has 0 bridgehead atoms. The lowest BCUT2D eigenvalue weighted by molar-refractivity contribution is 0.669. The average molecular weight is 905 g/mol. The van der Waals surface area contributed by atoms with Gasteiger partial charge in [-0.05, 0) is 89.1 Å². The van der Waals surface area contributed by atoms with Crippen molar-refractivity contribution < 1.29 is 4.42 Å². The molecular weight excluding hydrogens is 869 g/mol. The van der Waals surface area contributed by atoms with Gasteiger partial charge in [-0.15, -0.1) is 22.7 Å². The van der Waals surface area contributed by atoms with E-state index in [-0.39, 0.29) is 0 Å². The third kappa shape index (κ3) is 5.60. The molecule has 1 N–H and O–H groups in total. The summed E-state index contributed by atoms with van der Waals surface area (Å²) in [6.45, 7) is 0. The largest absolute Gasteiger partial charge is 0.456 e. The first-order valence-electron chi connectivity index (χ1n) is 22.9. The van der Waals surface area contributed by atoms with Gasteiger partial charge in [-0.3, -0.25) is 0 Å². The van der Waals surface area contributed by atoms with Crippen LogP contribution in [0.1, 0.15) is 22.9 Å². The Morgan fingerprint density at radius 1 is 0.441 bits per heavy atom. The van der Waals surface area contributed by atoms with E-state index < -0.39 is 6.17 Å². The monoisotopic (exact) mass is 904 g/mol. The lowest BCUT2D eigenvalue weighted by Crippen LogP contribution is -2.33. The zero-order chi connectivity index (χ0) is 44.5. The molecule has 0 amide bonds. The van der Waals surface area contributed by atoms with E-state index in [2.05, 4.69) is 210 Å². The van der Waals surface area contributed by atoms with Crippen LogP contribution in [0.4, 0.5) is 0 Å². The predicted octanol–water partition coefficient (Wildman–Crippen LogP) is 16.7. The van der Waals surface area contributed by atoms with Crippen LogP contribution in [0.2, 0.25) is 0 Å². The van der Waals surface area contributed by atoms with Gasteiger partial charge in [0.05, 0.1) is 16.7 Å². The highest BCUT2D eigenvalue weighted by Crippen LogP contribution is 2.44. The summed E-state index contributed by atoms with van der Waals surface area (Å²) in [7, 11) is 0. The zero-order valence-corrected chi connectivity index (χ0v) is 37.9. The number of para-hydroxylation sites is 2. The summed E-state index contributed by atoms with van der Waals surface area (Å²) in [5.41, 5.74) is 10.3. The van der Waals surface area contributed by atoms with Gasteiger partial charge >= 0.3 is 0 Å². The van der Waals surface area contributed by atoms with Gasteiger partial charge < -0.3 is 14.3 Å². The maximum atomic E-state index is 6.57. The molecule has 14 aromatic rings. The Bertz CT molecular complexity index is 4510. The molecule has 0 saturated heterocycles. The Kier molecular flexibility index (Phi) is 8.10. The molecule has 4 aromatic heterocycles. The third-order valence-corrected chi connectivity index (χ3v) is 16.1. The number of benzene rings is 10. The van der Waals surface area contributed by atoms with Crippen molar-refractivity contribution in [3.8, 4) is 16.8 Å². The quantitative estimate of drug-likeness (QED) is 0.187. The standard InChI is InChI=1S/C61H36N4OS2/c1-2-15-36-34-49-45(32-35(36)14-1)38-16-3-7-23-47(38)65(49)48-31-30-37(33-46(48)39-20-11-25-51-56(39)40-17-4-8-24-50(40)66-51)59-62-60(43-21-12-28-54-57(43)41-18-5-9-26-52(41)67-54)64-61(63-59)44-22-13-29-55-58(44)42-19-6-10-27-53(42)68-55/h1-34,60H,(H,62,63,64). The highest BCUT2D eigenvalue weighted by Gasteiger charge is 2.27. The third-order valence-electron chi connectivity index (χ3n) is 13.9. The number of thiophene rings is 2. The van der Waals surface area contributed by atoms with E-state index in [1.165, 1.54) is 61.9 Å². The molecular formula is C61H36N4OS2. The van der Waals surface area contributed by atoms with Crippen molar-refractivity contribution in [1.82, 2.24) is 9.88 Å². The fourth-order valence-corrected chi connectivity index (χ4v) is 13.1. The van der Waals surface area contributed by atoms with Crippen LogP contribution in [0.15, 0.2) is 221 Å². The van der Waals surface area contributed by atoms with Crippen LogP contribution in [0, 0.1) is 0 Å². The van der Waals surface area contributed by atoms with Gasteiger partial charge in [0.25, 0.3) is 0 Å². The molecule has 5 heterocycles. The number of fused-ring (bicyclic) bond motifs is 13. The predicted molar refractivity (Wildman–Crippen MR) is 289 cm³/mol. The molecule has 68 heavy (non-hydrogen) atoms. The molecule has 1 aliphatic rings. The number of amidine groups is 2. The fourth-order valence-electron chi connectivity index (χ4n) is 10.9. The van der Waals surface area contributed by atoms with E-state index in [1.807, 2.05) is 28.7 Å². The van der Waals surface area contributed by atoms with Crippen LogP contribution >= 0.6 is 22.7 Å². The van der Waals surface area contributed by atoms with Crippen LogP contribution in [-0.4, -0.2) is 16.2 Å². The molecule has 1 unspecified atom stereocenters. The van der Waals surface area contributed by atoms with Crippen molar-refractivity contribution in [2.45, 2.75) is 6.17 Å². The molecule has 5 nitrogen and oxygen atoms in total. The van der Waals surface area contributed by atoms with Crippen LogP contribution in [0.5, 0.6) is 0 Å². The summed E-state index contributed by atoms with van der Waals surface area (Å²) in [6.07, 6.45) is -0.422. The second-order valence-electron chi connectivity index (χ2n) is 17.6. The highest BCUT2D eigenvalue weighted by molar-refractivity contribution is 7.26. The van der Waals surface area contributed by atoms with Gasteiger partial charge in [0.15, 0.2) is 5.84 Å². The topological polar surface area (TPSA) is 54.8 Å². The van der Waals surface area contributed by atoms with Gasteiger partial charge in [-0.1, -0.05) is 133 Å². The summed E-state index contributed by atoms with van der Waals surface area (Å²) in [4.78, 5) is 11.2. The number of nitrogens with one attached hydrogen (secondary N) is 1. The summed E-state index contributed by atoms with van der Waals surface area (Å²) >= 11 is 3.65. The van der Waals surface area contributed by atoms with Gasteiger partial charge in [-0.2, -0.15) is 0 Å². The van der Waals surface area contributed by atoms with E-state index >= 15 is 0 Å². The number of aromatic nitrogens is 1. The zero-order valence-electron chi connectivity index (χ0n) is 36.3. The molecule has 15 rings (SSSR count). The Balaban J connectivity index is 1.02. The van der Waals surface area contributed by atoms with Crippen molar-refractivity contribution >= 4 is 129 Å². The molecule has 1 aliphatic heterocycles. The maximum absolute atomic E-state index is 6.57. The minimum atomic E-state index is -0.422. The molecule has 318 valence electrons. The molecule has 0 saturated carbocycles. The first-order valence-corrected chi connectivity index (χ1v) is 24.5. The number of nitrogens with zero attached hydrogens (tertiary/aromatic N) is 3. The van der Waals surface area contributed by atoms with E-state index in [0.717, 1.165) is 72.3 Å². The van der Waals surface area contributed by atoms with Crippen molar-refractivity contribution in [3.05, 3.63) is 223 Å². The number of hydrogen-bond acceptors (Lipinski definition) is 6. The molecule has 7 heteroatoms. The van der Waals surface area contributed by atoms with E-state index in [1.54, 1.807) is 0 Å². The van der Waals surface area contributed by atoms with Gasteiger partial charge in [0, 0.05) is 84.1 Å². The number of rotatable bonds is 5. The molecule has 0 radical (unpaired) electrons. The minimum absolute atomic E-state index is 0.422. The van der Waals surface area contributed by atoms with Gasteiger partial charge in [-0.25, -0.2) is 9.98 Å². The van der Waals surface area contributed by atoms with E-state index in [0.29, 0.717) is 5.84 Å². The van der Waals surface area contributed by atoms with Crippen LogP contribution in [0.3, 0.4) is 0 Å². The van der Waals surface area contributed by atoms with Crippen molar-refractivity contribution in [2.24, 2.45) is 9.98 Å². The SMILES string of the molecule is c1ccc2cc3c(cc2c1)c1ccccc1n3-c1ccc(C2=NC(c3cccc4sc5ccccc5c34)NC(c3cccc4sc5ccccc5c34)=N2)cc1-c1cccc2oc3ccccc3c12. The number of furan rings is 1. The maximum Gasteiger partial charge on any atom is 0.159 e. The average Bonchev–Trinajstić information content (AvgIpc) is 4.16. The van der Waals surface area contributed by atoms with Gasteiger partial charge in [0.1, 0.15) is 23.2 Å². The first-order chi connectivity index (χ1) is 33.7. The molecule has 1 atom stereocenters. The molecule has 0 fully saturated rings. The molecule has 0 aliphatic carbocycles. The van der Waals surface area contributed by atoms with Crippen molar-refractivity contribution in [1.29, 1.82) is 0 Å². The number of aliphatic imine (C=N–C) groups is 2. The van der Waals surface area contributed by atoms with Crippen molar-refractivity contribution in [3.63, 3.8) is 0 Å². The normalized spacial score (nSPS) is 14.3. The van der Waals surface area contributed by atoms with Crippen molar-refractivity contribution in [2.75, 3.05) is 0 Å². The summed E-state index contributed by atoms with van der Waals surface area (Å²) in [6, 6.07) is 74.3.